The highest BCUT2D eigenvalue weighted by Gasteiger charge is 2.26. The fourth-order valence-electron chi connectivity index (χ4n) is 2.78. The Bertz CT molecular complexity index is 1020. The standard InChI is InChI=1S/C18H16B3FN2O5S/c19-18(20,21)29-16-6-5-14(30(26,27)24-13-7-8-28-10-13)9-15(16)17(25)23-12-3-1-11(22)2-4-12/h1-6,9,13,24H,7-8,10H2,(H,23,25)/t13-/m0/s1. The lowest BCUT2D eigenvalue weighted by molar-refractivity contribution is 0.102. The molecular formula is C18H16B3FN2O5S. The van der Waals surface area contributed by atoms with Gasteiger partial charge in [0, 0.05) is 18.3 Å². The Kier molecular flexibility index (Phi) is 6.59. The molecule has 6 radical (unpaired) electrons. The van der Waals surface area contributed by atoms with Crippen LogP contribution in [-0.2, 0) is 14.8 Å². The number of halogens is 1. The summed E-state index contributed by atoms with van der Waals surface area (Å²) in [5.41, 5.74) is 0.0944. The lowest BCUT2D eigenvalue weighted by Crippen LogP contribution is -2.38. The number of anilines is 1. The molecule has 1 heterocycles. The molecule has 0 spiro atoms. The molecular weight excluding hydrogens is 408 g/mol. The largest absolute Gasteiger partial charge is 0.515 e. The second-order valence-electron chi connectivity index (χ2n) is 6.76. The van der Waals surface area contributed by atoms with Crippen LogP contribution in [0.1, 0.15) is 16.8 Å². The highest BCUT2D eigenvalue weighted by Crippen LogP contribution is 2.26. The molecule has 7 nitrogen and oxygen atoms in total. The lowest BCUT2D eigenvalue weighted by Gasteiger charge is -2.25. The van der Waals surface area contributed by atoms with E-state index in [0.29, 0.717) is 13.0 Å². The quantitative estimate of drug-likeness (QED) is 0.637. The van der Waals surface area contributed by atoms with Crippen molar-refractivity contribution in [2.75, 3.05) is 18.5 Å². The number of hydrogen-bond acceptors (Lipinski definition) is 5. The van der Waals surface area contributed by atoms with Crippen LogP contribution in [0.5, 0.6) is 5.75 Å². The van der Waals surface area contributed by atoms with Gasteiger partial charge in [-0.3, -0.25) is 4.79 Å². The van der Waals surface area contributed by atoms with E-state index in [0.717, 1.165) is 18.2 Å². The van der Waals surface area contributed by atoms with Crippen LogP contribution in [0, 0.1) is 5.82 Å². The van der Waals surface area contributed by atoms with Gasteiger partial charge in [0.15, 0.2) is 0 Å². The van der Waals surface area contributed by atoms with Crippen molar-refractivity contribution < 1.29 is 27.1 Å². The van der Waals surface area contributed by atoms with E-state index in [4.69, 9.17) is 33.0 Å². The van der Waals surface area contributed by atoms with Crippen molar-refractivity contribution in [1.82, 2.24) is 4.72 Å². The smallest absolute Gasteiger partial charge is 0.259 e. The first kappa shape index (κ1) is 22.4. The monoisotopic (exact) mass is 424 g/mol. The Balaban J connectivity index is 1.93. The van der Waals surface area contributed by atoms with E-state index < -0.39 is 27.0 Å². The second kappa shape index (κ2) is 8.83. The van der Waals surface area contributed by atoms with Crippen molar-refractivity contribution in [3.63, 3.8) is 0 Å². The molecule has 0 bridgehead atoms. The van der Waals surface area contributed by atoms with Gasteiger partial charge in [-0.2, -0.15) is 0 Å². The molecule has 12 heteroatoms. The number of carbonyl (C=O) groups is 1. The summed E-state index contributed by atoms with van der Waals surface area (Å²) < 4.78 is 51.4. The zero-order valence-electron chi connectivity index (χ0n) is 15.8. The molecule has 2 N–H and O–H groups in total. The molecule has 1 aliphatic heterocycles. The third-order valence-corrected chi connectivity index (χ3v) is 5.66. The third-order valence-electron chi connectivity index (χ3n) is 4.15. The molecule has 1 aliphatic rings. The van der Waals surface area contributed by atoms with Crippen LogP contribution in [0.3, 0.4) is 0 Å². The van der Waals surface area contributed by atoms with Gasteiger partial charge < -0.3 is 14.8 Å². The second-order valence-corrected chi connectivity index (χ2v) is 8.47. The summed E-state index contributed by atoms with van der Waals surface area (Å²) in [5, 5.41) is 0.414. The number of sulfonamides is 1. The summed E-state index contributed by atoms with van der Waals surface area (Å²) in [6, 6.07) is 8.20. The van der Waals surface area contributed by atoms with Crippen LogP contribution in [0.4, 0.5) is 10.1 Å². The molecule has 1 atom stereocenters. The van der Waals surface area contributed by atoms with Gasteiger partial charge >= 0.3 is 0 Å². The molecule has 1 fully saturated rings. The van der Waals surface area contributed by atoms with E-state index in [2.05, 4.69) is 10.0 Å². The Labute approximate surface area is 178 Å². The van der Waals surface area contributed by atoms with Crippen molar-refractivity contribution in [3.8, 4) is 5.75 Å². The summed E-state index contributed by atoms with van der Waals surface area (Å²) in [6.45, 7) is 0.714. The number of carbonyl (C=O) groups excluding carboxylic acids is 1. The molecule has 2 aromatic carbocycles. The van der Waals surface area contributed by atoms with Crippen molar-refractivity contribution >= 4 is 45.2 Å². The van der Waals surface area contributed by atoms with E-state index in [-0.39, 0.29) is 34.5 Å². The fourth-order valence-corrected chi connectivity index (χ4v) is 4.06. The van der Waals surface area contributed by atoms with Gasteiger partial charge in [0.1, 0.15) is 35.1 Å². The average Bonchev–Trinajstić information content (AvgIpc) is 3.14. The maximum atomic E-state index is 13.1. The van der Waals surface area contributed by atoms with Crippen LogP contribution in [0.2, 0.25) is 0 Å². The zero-order chi connectivity index (χ0) is 21.9. The molecule has 150 valence electrons. The van der Waals surface area contributed by atoms with Crippen LogP contribution >= 0.6 is 0 Å². The Hall–Kier alpha value is -2.30. The number of amides is 1. The molecule has 2 aromatic rings. The van der Waals surface area contributed by atoms with Crippen LogP contribution < -0.4 is 14.8 Å². The Morgan fingerprint density at radius 1 is 1.17 bits per heavy atom. The predicted octanol–water partition coefficient (Wildman–Crippen LogP) is 0.641. The highest BCUT2D eigenvalue weighted by molar-refractivity contribution is 7.89. The van der Waals surface area contributed by atoms with Gasteiger partial charge in [0.2, 0.25) is 10.0 Å². The molecule has 1 amide bonds. The first-order valence-electron chi connectivity index (χ1n) is 8.90. The number of hydrogen-bond donors (Lipinski definition) is 2. The minimum absolute atomic E-state index is 0.134. The van der Waals surface area contributed by atoms with E-state index in [1.807, 2.05) is 0 Å². The summed E-state index contributed by atoms with van der Waals surface area (Å²) in [6.07, 6.45) is 0.536. The summed E-state index contributed by atoms with van der Waals surface area (Å²) in [4.78, 5) is 12.6. The fraction of sp³-hybridized carbons (Fsp3) is 0.278. The first-order chi connectivity index (χ1) is 14.0. The SMILES string of the molecule is [B]C([B])([B])Oc1ccc(S(=O)(=O)N[C@H]2CCOC2)cc1C(=O)Nc1ccc(F)cc1. The molecule has 0 saturated carbocycles. The zero-order valence-corrected chi connectivity index (χ0v) is 16.6. The van der Waals surface area contributed by atoms with Crippen LogP contribution in [0.15, 0.2) is 47.4 Å². The van der Waals surface area contributed by atoms with Gasteiger partial charge in [-0.05, 0) is 54.2 Å². The first-order valence-corrected chi connectivity index (χ1v) is 10.4. The summed E-state index contributed by atoms with van der Waals surface area (Å²) in [7, 11) is 12.4. The number of rotatable bonds is 7. The van der Waals surface area contributed by atoms with E-state index in [1.165, 1.54) is 24.3 Å². The van der Waals surface area contributed by atoms with Gasteiger partial charge in [0.25, 0.3) is 5.91 Å². The van der Waals surface area contributed by atoms with E-state index in [1.54, 1.807) is 0 Å². The Morgan fingerprint density at radius 3 is 2.47 bits per heavy atom. The van der Waals surface area contributed by atoms with Crippen molar-refractivity contribution in [2.24, 2.45) is 0 Å². The third kappa shape index (κ3) is 5.87. The van der Waals surface area contributed by atoms with Crippen LogP contribution in [0.25, 0.3) is 0 Å². The minimum atomic E-state index is -3.95. The molecule has 3 rings (SSSR count). The molecule has 1 saturated heterocycles. The lowest BCUT2D eigenvalue weighted by atomic mass is 9.52. The van der Waals surface area contributed by atoms with E-state index >= 15 is 0 Å². The van der Waals surface area contributed by atoms with Gasteiger partial charge in [0.05, 0.1) is 17.1 Å². The van der Waals surface area contributed by atoms with Crippen molar-refractivity contribution in [2.45, 2.75) is 22.7 Å². The normalized spacial score (nSPS) is 16.9. The average molecular weight is 424 g/mol. The van der Waals surface area contributed by atoms with E-state index in [9.17, 15) is 17.6 Å². The van der Waals surface area contributed by atoms with Crippen LogP contribution in [-0.4, -0.2) is 62.4 Å². The Morgan fingerprint density at radius 2 is 1.87 bits per heavy atom. The topological polar surface area (TPSA) is 93.7 Å². The van der Waals surface area contributed by atoms with Crippen molar-refractivity contribution in [3.05, 3.63) is 53.8 Å². The van der Waals surface area contributed by atoms with Gasteiger partial charge in [-0.1, -0.05) is 0 Å². The summed E-state index contributed by atoms with van der Waals surface area (Å²) >= 11 is 0. The molecule has 30 heavy (non-hydrogen) atoms. The molecule has 0 aliphatic carbocycles. The summed E-state index contributed by atoms with van der Waals surface area (Å²) in [5.74, 6) is -1.35. The molecule has 0 unspecified atom stereocenters. The molecule has 0 aromatic heterocycles. The number of benzene rings is 2. The van der Waals surface area contributed by atoms with Gasteiger partial charge in [-0.15, -0.1) is 0 Å². The maximum absolute atomic E-state index is 13.1. The number of nitrogens with one attached hydrogen (secondary N) is 2. The van der Waals surface area contributed by atoms with Gasteiger partial charge in [-0.25, -0.2) is 17.5 Å². The minimum Gasteiger partial charge on any atom is -0.515 e. The maximum Gasteiger partial charge on any atom is 0.259 e. The highest BCUT2D eigenvalue weighted by atomic mass is 32.2. The van der Waals surface area contributed by atoms with Crippen molar-refractivity contribution in [1.29, 1.82) is 0 Å². The number of ether oxygens (including phenoxy) is 2. The predicted molar refractivity (Wildman–Crippen MR) is 111 cm³/mol.